The first-order chi connectivity index (χ1) is 15.1. The number of carbonyl (C=O) groups excluding carboxylic acids is 2. The van der Waals surface area contributed by atoms with E-state index in [1.54, 1.807) is 28.1 Å². The van der Waals surface area contributed by atoms with Gasteiger partial charge in [0, 0.05) is 56.5 Å². The molecule has 0 N–H and O–H groups in total. The molecule has 1 aliphatic heterocycles. The van der Waals surface area contributed by atoms with Gasteiger partial charge in [-0.05, 0) is 30.3 Å². The van der Waals surface area contributed by atoms with Gasteiger partial charge in [-0.25, -0.2) is 0 Å². The fourth-order valence-corrected chi connectivity index (χ4v) is 3.93. The van der Waals surface area contributed by atoms with Gasteiger partial charge in [-0.2, -0.15) is 0 Å². The molecular weight excluding hydrogens is 416 g/mol. The zero-order valence-electron chi connectivity index (χ0n) is 17.2. The van der Waals surface area contributed by atoms with Gasteiger partial charge in [0.05, 0.1) is 29.8 Å². The van der Waals surface area contributed by atoms with Crippen LogP contribution in [0.4, 0.5) is 0 Å². The largest absolute Gasteiger partial charge is 0.496 e. The molecule has 31 heavy (non-hydrogen) atoms. The summed E-state index contributed by atoms with van der Waals surface area (Å²) in [6.45, 7) is 1.86. The number of ether oxygens (including phenoxy) is 1. The molecule has 0 aliphatic carbocycles. The van der Waals surface area contributed by atoms with Crippen LogP contribution in [0.25, 0.3) is 5.69 Å². The van der Waals surface area contributed by atoms with Crippen LogP contribution in [0.15, 0.2) is 61.1 Å². The van der Waals surface area contributed by atoms with Gasteiger partial charge >= 0.3 is 0 Å². The lowest BCUT2D eigenvalue weighted by atomic mass is 10.1. The number of carbonyl (C=O) groups is 2. The van der Waals surface area contributed by atoms with Crippen molar-refractivity contribution in [3.63, 3.8) is 0 Å². The summed E-state index contributed by atoms with van der Waals surface area (Å²) in [6.07, 6.45) is 5.70. The lowest BCUT2D eigenvalue weighted by molar-refractivity contribution is -0.132. The smallest absolute Gasteiger partial charge is 0.257 e. The standard InChI is InChI=1S/C23H23ClN4O3/c1-31-21-16-20(26-8-4-5-9-26)19(24)15-18(21)23(30)28-12-10-27(11-13-28)22(29)14-17-6-2-3-7-25-17/h2-9,15-16H,10-14H2,1H3. The monoisotopic (exact) mass is 438 g/mol. The van der Waals surface area contributed by atoms with Crippen LogP contribution in [0, 0.1) is 0 Å². The van der Waals surface area contributed by atoms with Crippen LogP contribution < -0.4 is 4.74 Å². The van der Waals surface area contributed by atoms with Crippen molar-refractivity contribution in [2.24, 2.45) is 0 Å². The second-order valence-electron chi connectivity index (χ2n) is 7.27. The van der Waals surface area contributed by atoms with Crippen LogP contribution in [0.2, 0.25) is 5.02 Å². The van der Waals surface area contributed by atoms with E-state index in [1.807, 2.05) is 47.3 Å². The molecule has 160 valence electrons. The van der Waals surface area contributed by atoms with Crippen molar-refractivity contribution in [2.45, 2.75) is 6.42 Å². The Labute approximate surface area is 185 Å². The van der Waals surface area contributed by atoms with Crippen LogP contribution in [-0.4, -0.2) is 64.5 Å². The Morgan fingerprint density at radius 1 is 1.03 bits per heavy atom. The first-order valence-corrected chi connectivity index (χ1v) is 10.4. The van der Waals surface area contributed by atoms with E-state index in [0.29, 0.717) is 42.5 Å². The average molecular weight is 439 g/mol. The Kier molecular flexibility index (Phi) is 6.23. The molecule has 0 atom stereocenters. The van der Waals surface area contributed by atoms with Gasteiger partial charge in [-0.15, -0.1) is 0 Å². The summed E-state index contributed by atoms with van der Waals surface area (Å²) >= 11 is 6.47. The summed E-state index contributed by atoms with van der Waals surface area (Å²) in [5.74, 6) is 0.323. The Bertz CT molecular complexity index is 1060. The van der Waals surface area contributed by atoms with Crippen molar-refractivity contribution in [3.8, 4) is 11.4 Å². The van der Waals surface area contributed by atoms with E-state index in [9.17, 15) is 9.59 Å². The highest BCUT2D eigenvalue weighted by molar-refractivity contribution is 6.33. The van der Waals surface area contributed by atoms with Gasteiger partial charge in [0.1, 0.15) is 5.75 Å². The van der Waals surface area contributed by atoms with Crippen molar-refractivity contribution in [1.82, 2.24) is 19.4 Å². The maximum absolute atomic E-state index is 13.2. The normalized spacial score (nSPS) is 13.9. The first kappa shape index (κ1) is 20.9. The minimum Gasteiger partial charge on any atom is -0.496 e. The SMILES string of the molecule is COc1cc(-n2cccc2)c(Cl)cc1C(=O)N1CCN(C(=O)Cc2ccccn2)CC1. The fourth-order valence-electron chi connectivity index (χ4n) is 3.67. The number of hydrogen-bond acceptors (Lipinski definition) is 4. The van der Waals surface area contributed by atoms with Crippen LogP contribution in [0.1, 0.15) is 16.1 Å². The van der Waals surface area contributed by atoms with Gasteiger partial charge in [0.25, 0.3) is 5.91 Å². The third kappa shape index (κ3) is 4.56. The number of halogens is 1. The molecule has 1 aromatic carbocycles. The fraction of sp³-hybridized carbons (Fsp3) is 0.261. The summed E-state index contributed by atoms with van der Waals surface area (Å²) in [6, 6.07) is 12.7. The summed E-state index contributed by atoms with van der Waals surface area (Å²) < 4.78 is 7.35. The number of pyridine rings is 1. The van der Waals surface area contributed by atoms with Crippen molar-refractivity contribution in [3.05, 3.63) is 77.3 Å². The Morgan fingerprint density at radius 2 is 1.74 bits per heavy atom. The molecule has 0 unspecified atom stereocenters. The molecule has 0 radical (unpaired) electrons. The van der Waals surface area contributed by atoms with Gasteiger partial charge in [-0.1, -0.05) is 17.7 Å². The predicted molar refractivity (Wildman–Crippen MR) is 118 cm³/mol. The number of benzene rings is 1. The molecule has 3 aromatic rings. The molecule has 1 fully saturated rings. The summed E-state index contributed by atoms with van der Waals surface area (Å²) in [4.78, 5) is 33.4. The van der Waals surface area contributed by atoms with Crippen LogP contribution in [0.3, 0.4) is 0 Å². The zero-order chi connectivity index (χ0) is 21.8. The lowest BCUT2D eigenvalue weighted by Crippen LogP contribution is -2.51. The minimum absolute atomic E-state index is 0.0162. The van der Waals surface area contributed by atoms with E-state index in [4.69, 9.17) is 16.3 Å². The Balaban J connectivity index is 1.44. The summed E-state index contributed by atoms with van der Waals surface area (Å²) in [7, 11) is 1.54. The molecule has 4 rings (SSSR count). The van der Waals surface area contributed by atoms with Crippen molar-refractivity contribution >= 4 is 23.4 Å². The first-order valence-electron chi connectivity index (χ1n) is 10.0. The van der Waals surface area contributed by atoms with Gasteiger partial charge in [-0.3, -0.25) is 14.6 Å². The number of aromatic nitrogens is 2. The third-order valence-electron chi connectivity index (χ3n) is 5.36. The van der Waals surface area contributed by atoms with E-state index in [-0.39, 0.29) is 18.2 Å². The third-order valence-corrected chi connectivity index (χ3v) is 5.66. The highest BCUT2D eigenvalue weighted by atomic mass is 35.5. The lowest BCUT2D eigenvalue weighted by Gasteiger charge is -2.35. The number of amides is 2. The average Bonchev–Trinajstić information content (AvgIpc) is 3.34. The maximum atomic E-state index is 13.2. The quantitative estimate of drug-likeness (QED) is 0.614. The highest BCUT2D eigenvalue weighted by Gasteiger charge is 2.27. The topological polar surface area (TPSA) is 67.7 Å². The van der Waals surface area contributed by atoms with Gasteiger partial charge < -0.3 is 19.1 Å². The number of nitrogens with zero attached hydrogens (tertiary/aromatic N) is 4. The molecule has 1 aliphatic rings. The molecule has 8 heteroatoms. The van der Waals surface area contributed by atoms with Crippen molar-refractivity contribution in [2.75, 3.05) is 33.3 Å². The molecule has 2 aromatic heterocycles. The number of rotatable bonds is 5. The number of piperazine rings is 1. The van der Waals surface area contributed by atoms with Gasteiger partial charge in [0.15, 0.2) is 0 Å². The van der Waals surface area contributed by atoms with Crippen molar-refractivity contribution < 1.29 is 14.3 Å². The Morgan fingerprint density at radius 3 is 2.39 bits per heavy atom. The molecule has 1 saturated heterocycles. The molecule has 3 heterocycles. The van der Waals surface area contributed by atoms with E-state index < -0.39 is 0 Å². The Hall–Kier alpha value is -3.32. The summed E-state index contributed by atoms with van der Waals surface area (Å²) in [5.41, 5.74) is 1.90. The van der Waals surface area contributed by atoms with Crippen LogP contribution >= 0.6 is 11.6 Å². The van der Waals surface area contributed by atoms with Gasteiger partial charge in [0.2, 0.25) is 5.91 Å². The van der Waals surface area contributed by atoms with E-state index in [1.165, 1.54) is 7.11 Å². The van der Waals surface area contributed by atoms with Crippen LogP contribution in [-0.2, 0) is 11.2 Å². The molecule has 0 saturated carbocycles. The summed E-state index contributed by atoms with van der Waals surface area (Å²) in [5, 5.41) is 0.463. The highest BCUT2D eigenvalue weighted by Crippen LogP contribution is 2.31. The minimum atomic E-state index is -0.158. The number of methoxy groups -OCH3 is 1. The molecule has 7 nitrogen and oxygen atoms in total. The van der Waals surface area contributed by atoms with E-state index >= 15 is 0 Å². The van der Waals surface area contributed by atoms with E-state index in [0.717, 1.165) is 11.4 Å². The van der Waals surface area contributed by atoms with Crippen molar-refractivity contribution in [1.29, 1.82) is 0 Å². The van der Waals surface area contributed by atoms with Crippen LogP contribution in [0.5, 0.6) is 5.75 Å². The number of hydrogen-bond donors (Lipinski definition) is 0. The maximum Gasteiger partial charge on any atom is 0.257 e. The second-order valence-corrected chi connectivity index (χ2v) is 7.67. The molecular formula is C23H23ClN4O3. The van der Waals surface area contributed by atoms with E-state index in [2.05, 4.69) is 4.98 Å². The molecule has 0 bridgehead atoms. The molecule has 0 spiro atoms. The second kappa shape index (κ2) is 9.22. The predicted octanol–water partition coefficient (Wildman–Crippen LogP) is 3.06. The molecule has 2 amide bonds. The zero-order valence-corrected chi connectivity index (χ0v) is 18.0.